The summed E-state index contributed by atoms with van der Waals surface area (Å²) < 4.78 is 0. The minimum absolute atomic E-state index is 0.445. The van der Waals surface area contributed by atoms with Gasteiger partial charge in [-0.05, 0) is 41.8 Å². The van der Waals surface area contributed by atoms with E-state index in [4.69, 9.17) is 5.26 Å². The number of hydrogen-bond acceptors (Lipinski definition) is 6. The van der Waals surface area contributed by atoms with E-state index >= 15 is 0 Å². The largest absolute Gasteiger partial charge is 0.350 e. The van der Waals surface area contributed by atoms with E-state index in [9.17, 15) is 0 Å². The molecule has 0 saturated carbocycles. The molecule has 0 aliphatic carbocycles. The Morgan fingerprint density at radius 2 is 1.84 bits per heavy atom. The predicted octanol–water partition coefficient (Wildman–Crippen LogP) is 3.05. The highest BCUT2D eigenvalue weighted by molar-refractivity contribution is 5.56. The molecule has 1 aromatic heterocycles. The van der Waals surface area contributed by atoms with Gasteiger partial charge in [0.25, 0.3) is 0 Å². The Bertz CT molecular complexity index is 929. The summed E-state index contributed by atoms with van der Waals surface area (Å²) in [6.45, 7) is 1.73. The van der Waals surface area contributed by atoms with E-state index in [1.807, 2.05) is 12.1 Å². The van der Waals surface area contributed by atoms with E-state index in [0.29, 0.717) is 11.5 Å². The summed E-state index contributed by atoms with van der Waals surface area (Å²) in [5, 5.41) is 20.1. The Balaban J connectivity index is 1.52. The van der Waals surface area contributed by atoms with Crippen molar-refractivity contribution in [3.8, 4) is 6.07 Å². The van der Waals surface area contributed by atoms with Crippen molar-refractivity contribution < 1.29 is 0 Å². The molecule has 6 heteroatoms. The van der Waals surface area contributed by atoms with Gasteiger partial charge in [0, 0.05) is 18.8 Å². The lowest BCUT2D eigenvalue weighted by Crippen LogP contribution is -2.31. The second kappa shape index (κ2) is 6.57. The SMILES string of the molecule is N#Cc1ccc(Nc2nncc(N3CCc4ccccc4C3)n2)cc1. The van der Waals surface area contributed by atoms with Crippen molar-refractivity contribution in [2.75, 3.05) is 16.8 Å². The average Bonchev–Trinajstić information content (AvgIpc) is 2.68. The van der Waals surface area contributed by atoms with Gasteiger partial charge in [-0.1, -0.05) is 24.3 Å². The monoisotopic (exact) mass is 328 g/mol. The van der Waals surface area contributed by atoms with Crippen molar-refractivity contribution in [3.63, 3.8) is 0 Å². The number of nitrogens with one attached hydrogen (secondary N) is 1. The average molecular weight is 328 g/mol. The Labute approximate surface area is 145 Å². The molecule has 0 saturated heterocycles. The number of hydrogen-bond donors (Lipinski definition) is 1. The molecular weight excluding hydrogens is 312 g/mol. The van der Waals surface area contributed by atoms with Gasteiger partial charge in [0.05, 0.1) is 17.8 Å². The summed E-state index contributed by atoms with van der Waals surface area (Å²) >= 11 is 0. The van der Waals surface area contributed by atoms with Gasteiger partial charge in [-0.2, -0.15) is 15.3 Å². The maximum Gasteiger partial charge on any atom is 0.249 e. The summed E-state index contributed by atoms with van der Waals surface area (Å²) in [4.78, 5) is 6.79. The molecule has 4 rings (SSSR count). The van der Waals surface area contributed by atoms with Gasteiger partial charge in [-0.25, -0.2) is 0 Å². The zero-order valence-corrected chi connectivity index (χ0v) is 13.6. The number of fused-ring (bicyclic) bond motifs is 1. The molecule has 0 fully saturated rings. The molecule has 6 nitrogen and oxygen atoms in total. The molecule has 122 valence electrons. The molecule has 1 N–H and O–H groups in total. The van der Waals surface area contributed by atoms with Gasteiger partial charge < -0.3 is 10.2 Å². The second-order valence-electron chi connectivity index (χ2n) is 5.89. The summed E-state index contributed by atoms with van der Waals surface area (Å²) in [5.74, 6) is 1.25. The first-order valence-corrected chi connectivity index (χ1v) is 8.10. The van der Waals surface area contributed by atoms with Gasteiger partial charge in [0.1, 0.15) is 0 Å². The third kappa shape index (κ3) is 3.26. The summed E-state index contributed by atoms with van der Waals surface area (Å²) in [5.41, 5.74) is 4.16. The first-order chi connectivity index (χ1) is 12.3. The highest BCUT2D eigenvalue weighted by atomic mass is 15.3. The molecule has 2 heterocycles. The van der Waals surface area contributed by atoms with Crippen LogP contribution < -0.4 is 10.2 Å². The lowest BCUT2D eigenvalue weighted by molar-refractivity contribution is 0.715. The lowest BCUT2D eigenvalue weighted by Gasteiger charge is -2.29. The molecular formula is C19H16N6. The molecule has 0 atom stereocenters. The molecule has 0 unspecified atom stereocenters. The zero-order valence-electron chi connectivity index (χ0n) is 13.6. The van der Waals surface area contributed by atoms with E-state index in [-0.39, 0.29) is 0 Å². The minimum Gasteiger partial charge on any atom is -0.350 e. The number of aromatic nitrogens is 3. The first-order valence-electron chi connectivity index (χ1n) is 8.10. The topological polar surface area (TPSA) is 77.7 Å². The third-order valence-electron chi connectivity index (χ3n) is 4.27. The molecule has 0 spiro atoms. The van der Waals surface area contributed by atoms with Gasteiger partial charge in [0.2, 0.25) is 5.95 Å². The van der Waals surface area contributed by atoms with Crippen LogP contribution >= 0.6 is 0 Å². The maximum absolute atomic E-state index is 8.86. The van der Waals surface area contributed by atoms with E-state index < -0.39 is 0 Å². The molecule has 1 aliphatic rings. The smallest absolute Gasteiger partial charge is 0.249 e. The van der Waals surface area contributed by atoms with Crippen LogP contribution in [0, 0.1) is 11.3 Å². The fraction of sp³-hybridized carbons (Fsp3) is 0.158. The fourth-order valence-electron chi connectivity index (χ4n) is 2.95. The molecule has 2 aromatic carbocycles. The molecule has 0 amide bonds. The van der Waals surface area contributed by atoms with Crippen molar-refractivity contribution in [2.45, 2.75) is 13.0 Å². The van der Waals surface area contributed by atoms with Crippen LogP contribution in [-0.2, 0) is 13.0 Å². The highest BCUT2D eigenvalue weighted by Gasteiger charge is 2.17. The van der Waals surface area contributed by atoms with Crippen LogP contribution in [0.25, 0.3) is 0 Å². The summed E-state index contributed by atoms with van der Waals surface area (Å²) in [7, 11) is 0. The number of benzene rings is 2. The lowest BCUT2D eigenvalue weighted by atomic mass is 10.0. The molecule has 1 aliphatic heterocycles. The quantitative estimate of drug-likeness (QED) is 0.796. The van der Waals surface area contributed by atoms with Crippen molar-refractivity contribution in [2.24, 2.45) is 0 Å². The molecule has 3 aromatic rings. The van der Waals surface area contributed by atoms with Crippen LogP contribution in [0.5, 0.6) is 0 Å². The van der Waals surface area contributed by atoms with Crippen molar-refractivity contribution in [3.05, 3.63) is 71.4 Å². The maximum atomic E-state index is 8.86. The van der Waals surface area contributed by atoms with Crippen LogP contribution in [0.2, 0.25) is 0 Å². The Morgan fingerprint density at radius 1 is 1.04 bits per heavy atom. The van der Waals surface area contributed by atoms with E-state index in [1.165, 1.54) is 11.1 Å². The fourth-order valence-corrected chi connectivity index (χ4v) is 2.95. The van der Waals surface area contributed by atoms with Crippen LogP contribution in [0.4, 0.5) is 17.5 Å². The van der Waals surface area contributed by atoms with Crippen LogP contribution in [0.15, 0.2) is 54.7 Å². The van der Waals surface area contributed by atoms with Gasteiger partial charge in [-0.3, -0.25) is 0 Å². The molecule has 0 bridgehead atoms. The Kier molecular flexibility index (Phi) is 3.97. The second-order valence-corrected chi connectivity index (χ2v) is 5.89. The normalized spacial score (nSPS) is 13.0. The van der Waals surface area contributed by atoms with Gasteiger partial charge in [0.15, 0.2) is 5.82 Å². The zero-order chi connectivity index (χ0) is 17.1. The number of rotatable bonds is 3. The number of nitriles is 1. The van der Waals surface area contributed by atoms with Crippen LogP contribution in [-0.4, -0.2) is 21.7 Å². The van der Waals surface area contributed by atoms with Crippen molar-refractivity contribution in [1.29, 1.82) is 5.26 Å². The Morgan fingerprint density at radius 3 is 2.64 bits per heavy atom. The van der Waals surface area contributed by atoms with E-state index in [1.54, 1.807) is 18.3 Å². The first kappa shape index (κ1) is 15.1. The van der Waals surface area contributed by atoms with E-state index in [2.05, 4.69) is 55.7 Å². The summed E-state index contributed by atoms with van der Waals surface area (Å²) in [6, 6.07) is 17.7. The van der Waals surface area contributed by atoms with Crippen molar-refractivity contribution >= 4 is 17.5 Å². The van der Waals surface area contributed by atoms with Crippen LogP contribution in [0.1, 0.15) is 16.7 Å². The van der Waals surface area contributed by atoms with E-state index in [0.717, 1.165) is 31.0 Å². The highest BCUT2D eigenvalue weighted by Crippen LogP contribution is 2.23. The number of anilines is 3. The minimum atomic E-state index is 0.445. The molecule has 0 radical (unpaired) electrons. The number of nitrogens with zero attached hydrogens (tertiary/aromatic N) is 5. The van der Waals surface area contributed by atoms with Crippen LogP contribution in [0.3, 0.4) is 0 Å². The van der Waals surface area contributed by atoms with Crippen molar-refractivity contribution in [1.82, 2.24) is 15.2 Å². The standard InChI is InChI=1S/C19H16N6/c20-11-14-5-7-17(8-6-14)22-19-23-18(12-21-24-19)25-10-9-15-3-1-2-4-16(15)13-25/h1-8,12H,9-10,13H2,(H,22,23,24). The van der Waals surface area contributed by atoms with Gasteiger partial charge >= 0.3 is 0 Å². The molecule has 25 heavy (non-hydrogen) atoms. The third-order valence-corrected chi connectivity index (χ3v) is 4.27. The Hall–Kier alpha value is -3.46. The predicted molar refractivity (Wildman–Crippen MR) is 95.5 cm³/mol. The van der Waals surface area contributed by atoms with Gasteiger partial charge in [-0.15, -0.1) is 5.10 Å². The summed E-state index contributed by atoms with van der Waals surface area (Å²) in [6.07, 6.45) is 2.69.